The summed E-state index contributed by atoms with van der Waals surface area (Å²) in [4.78, 5) is 52.1. The number of hydrogen-bond donors (Lipinski definition) is 1. The molecule has 200 valence electrons. The molecule has 3 rings (SSSR count). The number of esters is 2. The van der Waals surface area contributed by atoms with E-state index in [0.29, 0.717) is 12.0 Å². The van der Waals surface area contributed by atoms with E-state index in [-0.39, 0.29) is 22.5 Å². The highest BCUT2D eigenvalue weighted by atomic mass is 16.6. The summed E-state index contributed by atoms with van der Waals surface area (Å²) in [5.41, 5.74) is 4.02. The minimum absolute atomic E-state index is 0.00678. The summed E-state index contributed by atoms with van der Waals surface area (Å²) < 4.78 is 16.4. The molecule has 2 aromatic carbocycles. The Bertz CT molecular complexity index is 1350. The Morgan fingerprint density at radius 3 is 2.11 bits per heavy atom. The quantitative estimate of drug-likeness (QED) is 0.262. The van der Waals surface area contributed by atoms with Gasteiger partial charge in [-0.25, -0.2) is 15.0 Å². The first-order valence-electron chi connectivity index (χ1n) is 12.0. The predicted molar refractivity (Wildman–Crippen MR) is 141 cm³/mol. The number of nitrogens with one attached hydrogen (secondary N) is 1. The van der Waals surface area contributed by atoms with Crippen molar-refractivity contribution in [3.63, 3.8) is 0 Å². The maximum Gasteiger partial charge on any atom is 0.426 e. The Kier molecular flexibility index (Phi) is 8.72. The third-order valence-electron chi connectivity index (χ3n) is 5.76. The third kappa shape index (κ3) is 6.47. The molecule has 0 saturated heterocycles. The molecule has 9 nitrogen and oxygen atoms in total. The van der Waals surface area contributed by atoms with Crippen LogP contribution < -0.4 is 5.43 Å². The molecular formula is C29H32N2O7. The molecule has 0 saturated carbocycles. The van der Waals surface area contributed by atoms with Crippen LogP contribution in [0.15, 0.2) is 54.6 Å². The molecule has 0 aliphatic heterocycles. The zero-order valence-electron chi connectivity index (χ0n) is 22.4. The zero-order valence-corrected chi connectivity index (χ0v) is 22.4. The lowest BCUT2D eigenvalue weighted by atomic mass is 9.92. The van der Waals surface area contributed by atoms with Gasteiger partial charge in [-0.15, -0.1) is 0 Å². The monoisotopic (exact) mass is 520 g/mol. The van der Waals surface area contributed by atoms with Gasteiger partial charge in [0.15, 0.2) is 5.78 Å². The van der Waals surface area contributed by atoms with Gasteiger partial charge in [0, 0.05) is 11.3 Å². The molecule has 0 aliphatic carbocycles. The van der Waals surface area contributed by atoms with Crippen molar-refractivity contribution in [2.75, 3.05) is 19.6 Å². The molecule has 1 N–H and O–H groups in total. The van der Waals surface area contributed by atoms with E-state index < -0.39 is 35.8 Å². The van der Waals surface area contributed by atoms with Crippen molar-refractivity contribution in [3.05, 3.63) is 93.8 Å². The maximum atomic E-state index is 14.1. The van der Waals surface area contributed by atoms with Crippen LogP contribution in [0.3, 0.4) is 0 Å². The maximum absolute atomic E-state index is 14.1. The second kappa shape index (κ2) is 11.8. The molecule has 0 fully saturated rings. The number of carbonyl (C=O) groups excluding carboxylic acids is 4. The van der Waals surface area contributed by atoms with E-state index in [1.54, 1.807) is 39.8 Å². The van der Waals surface area contributed by atoms with Crippen LogP contribution in [0.5, 0.6) is 0 Å². The minimum Gasteiger partial charge on any atom is -0.469 e. The Hall–Kier alpha value is -4.40. The topological polar surface area (TPSA) is 113 Å². The summed E-state index contributed by atoms with van der Waals surface area (Å²) in [6.45, 7) is 6.66. The highest BCUT2D eigenvalue weighted by Gasteiger charge is 2.33. The lowest BCUT2D eigenvalue weighted by molar-refractivity contribution is -0.139. The van der Waals surface area contributed by atoms with Crippen LogP contribution in [0, 0.1) is 6.92 Å². The Labute approximate surface area is 221 Å². The van der Waals surface area contributed by atoms with Crippen molar-refractivity contribution in [1.29, 1.82) is 0 Å². The molecule has 9 heteroatoms. The number of rotatable bonds is 8. The fourth-order valence-electron chi connectivity index (χ4n) is 4.12. The molecule has 1 heterocycles. The number of amides is 1. The van der Waals surface area contributed by atoms with Gasteiger partial charge < -0.3 is 14.2 Å². The fourth-order valence-corrected chi connectivity index (χ4v) is 4.12. The molecule has 3 aromatic rings. The summed E-state index contributed by atoms with van der Waals surface area (Å²) in [5.74, 6) is -1.96. The first-order chi connectivity index (χ1) is 18.0. The minimum atomic E-state index is -0.833. The van der Waals surface area contributed by atoms with Crippen LogP contribution in [-0.4, -0.2) is 48.3 Å². The largest absolute Gasteiger partial charge is 0.469 e. The average Bonchev–Trinajstić information content (AvgIpc) is 3.13. The van der Waals surface area contributed by atoms with Gasteiger partial charge in [0.1, 0.15) is 5.60 Å². The Morgan fingerprint density at radius 1 is 0.868 bits per heavy atom. The number of nitrogens with zero attached hydrogens (tertiary/aromatic N) is 1. The highest BCUT2D eigenvalue weighted by molar-refractivity contribution is 6.17. The average molecular weight is 521 g/mol. The summed E-state index contributed by atoms with van der Waals surface area (Å²) in [6, 6.07) is 16.8. The molecule has 0 radical (unpaired) electrons. The lowest BCUT2D eigenvalue weighted by Crippen LogP contribution is -2.33. The molecule has 0 aliphatic rings. The van der Waals surface area contributed by atoms with Crippen molar-refractivity contribution in [2.45, 2.75) is 46.1 Å². The van der Waals surface area contributed by atoms with E-state index in [4.69, 9.17) is 14.2 Å². The van der Waals surface area contributed by atoms with E-state index in [2.05, 4.69) is 5.43 Å². The van der Waals surface area contributed by atoms with E-state index in [1.165, 1.54) is 18.9 Å². The van der Waals surface area contributed by atoms with Crippen LogP contribution in [0.2, 0.25) is 0 Å². The number of carbonyl (C=O) groups is 4. The number of methoxy groups -OCH3 is 2. The summed E-state index contributed by atoms with van der Waals surface area (Å²) in [6.07, 6.45) is -0.751. The van der Waals surface area contributed by atoms with Crippen LogP contribution in [-0.2, 0) is 31.8 Å². The third-order valence-corrected chi connectivity index (χ3v) is 5.76. The van der Waals surface area contributed by atoms with Gasteiger partial charge in [0.05, 0.1) is 37.5 Å². The Balaban J connectivity index is 2.20. The second-order valence-electron chi connectivity index (χ2n) is 9.62. The van der Waals surface area contributed by atoms with Gasteiger partial charge in [-0.3, -0.25) is 14.3 Å². The predicted octanol–water partition coefficient (Wildman–Crippen LogP) is 4.60. The Morgan fingerprint density at radius 2 is 1.50 bits per heavy atom. The van der Waals surface area contributed by atoms with Gasteiger partial charge >= 0.3 is 18.0 Å². The van der Waals surface area contributed by atoms with E-state index >= 15 is 0 Å². The molecule has 0 bridgehead atoms. The van der Waals surface area contributed by atoms with Gasteiger partial charge in [-0.1, -0.05) is 54.6 Å². The number of hydrogen-bond acceptors (Lipinski definition) is 7. The summed E-state index contributed by atoms with van der Waals surface area (Å²) >= 11 is 0. The van der Waals surface area contributed by atoms with Crippen LogP contribution in [0.1, 0.15) is 69.6 Å². The van der Waals surface area contributed by atoms with Crippen molar-refractivity contribution in [1.82, 2.24) is 4.68 Å². The van der Waals surface area contributed by atoms with Crippen molar-refractivity contribution in [2.24, 2.45) is 0 Å². The van der Waals surface area contributed by atoms with Gasteiger partial charge in [-0.05, 0) is 45.2 Å². The first-order valence-corrected chi connectivity index (χ1v) is 12.0. The number of benzene rings is 2. The highest BCUT2D eigenvalue weighted by Crippen LogP contribution is 2.29. The molecule has 0 atom stereocenters. The number of aromatic nitrogens is 1. The van der Waals surface area contributed by atoms with Crippen molar-refractivity contribution >= 4 is 23.8 Å². The zero-order chi connectivity index (χ0) is 28.0. The lowest BCUT2D eigenvalue weighted by Gasteiger charge is -2.21. The molecule has 0 spiro atoms. The smallest absolute Gasteiger partial charge is 0.426 e. The van der Waals surface area contributed by atoms with E-state index in [9.17, 15) is 19.2 Å². The number of ketones is 1. The van der Waals surface area contributed by atoms with Crippen LogP contribution >= 0.6 is 0 Å². The molecule has 1 amide bonds. The fraction of sp³-hybridized carbons (Fsp3) is 0.310. The molecular weight excluding hydrogens is 488 g/mol. The second-order valence-corrected chi connectivity index (χ2v) is 9.62. The molecule has 1 aromatic heterocycles. The van der Waals surface area contributed by atoms with Crippen LogP contribution in [0.4, 0.5) is 4.79 Å². The normalized spacial score (nSPS) is 11.0. The van der Waals surface area contributed by atoms with E-state index in [1.807, 2.05) is 42.5 Å². The molecule has 38 heavy (non-hydrogen) atoms. The number of ether oxygens (including phenoxy) is 3. The van der Waals surface area contributed by atoms with Crippen LogP contribution in [0.25, 0.3) is 0 Å². The van der Waals surface area contributed by atoms with E-state index in [0.717, 1.165) is 11.1 Å². The standard InChI is InChI=1S/C29H32N2O7/c1-18-24(26(33)21-15-11-10-14-20(21)16-19-12-8-7-9-13-19)25(27(34)37-6)22(17-23(32)36-5)31(18)30-28(35)38-29(2,3)4/h7-15H,16-17H2,1-6H3,(H,30,35). The van der Waals surface area contributed by atoms with Crippen molar-refractivity contribution in [3.8, 4) is 0 Å². The molecule has 0 unspecified atom stereocenters. The van der Waals surface area contributed by atoms with Crippen molar-refractivity contribution < 1.29 is 33.4 Å². The SMILES string of the molecule is COC(=O)Cc1c(C(=O)OC)c(C(=O)c2ccccc2Cc2ccccc2)c(C)n1NC(=O)OC(C)(C)C. The van der Waals surface area contributed by atoms with Gasteiger partial charge in [-0.2, -0.15) is 0 Å². The summed E-state index contributed by atoms with van der Waals surface area (Å²) in [5, 5.41) is 0. The van der Waals surface area contributed by atoms with Gasteiger partial charge in [0.2, 0.25) is 0 Å². The van der Waals surface area contributed by atoms with Gasteiger partial charge in [0.25, 0.3) is 0 Å². The first kappa shape index (κ1) is 28.2. The summed E-state index contributed by atoms with van der Waals surface area (Å²) in [7, 11) is 2.38.